The highest BCUT2D eigenvalue weighted by Gasteiger charge is 2.20. The van der Waals surface area contributed by atoms with E-state index in [4.69, 9.17) is 16.3 Å². The molecule has 5 aromatic rings. The van der Waals surface area contributed by atoms with E-state index in [-0.39, 0.29) is 17.1 Å². The van der Waals surface area contributed by atoms with Crippen LogP contribution in [-0.2, 0) is 0 Å². The highest BCUT2D eigenvalue weighted by molar-refractivity contribution is 6.30. The Morgan fingerprint density at radius 3 is 2.34 bits per heavy atom. The van der Waals surface area contributed by atoms with Gasteiger partial charge in [-0.2, -0.15) is 9.67 Å². The van der Waals surface area contributed by atoms with Gasteiger partial charge in [0.2, 0.25) is 0 Å². The molecule has 0 atom stereocenters. The molecule has 3 aromatic carbocycles. The monoisotopic (exact) mass is 443 g/mol. The Bertz CT molecular complexity index is 1490. The third-order valence-corrected chi connectivity index (χ3v) is 5.26. The van der Waals surface area contributed by atoms with E-state index in [0.29, 0.717) is 27.8 Å². The molecular formula is C24H18ClN5O2. The molecule has 5 rings (SSSR count). The predicted octanol–water partition coefficient (Wildman–Crippen LogP) is 5.03. The Morgan fingerprint density at radius 1 is 0.875 bits per heavy atom. The molecule has 0 saturated carbocycles. The van der Waals surface area contributed by atoms with E-state index >= 15 is 0 Å². The van der Waals surface area contributed by atoms with Crippen molar-refractivity contribution < 1.29 is 4.74 Å². The Morgan fingerprint density at radius 2 is 1.62 bits per heavy atom. The van der Waals surface area contributed by atoms with E-state index in [9.17, 15) is 4.79 Å². The van der Waals surface area contributed by atoms with Gasteiger partial charge in [-0.15, -0.1) is 5.10 Å². The van der Waals surface area contributed by atoms with E-state index < -0.39 is 0 Å². The van der Waals surface area contributed by atoms with Gasteiger partial charge in [0.25, 0.3) is 5.56 Å². The van der Waals surface area contributed by atoms with Crippen LogP contribution in [0.2, 0.25) is 5.02 Å². The molecule has 0 bridgehead atoms. The van der Waals surface area contributed by atoms with Crippen LogP contribution >= 0.6 is 11.6 Å². The van der Waals surface area contributed by atoms with Gasteiger partial charge in [0.1, 0.15) is 5.75 Å². The molecule has 0 N–H and O–H groups in total. The lowest BCUT2D eigenvalue weighted by Gasteiger charge is -2.13. The van der Waals surface area contributed by atoms with E-state index in [1.165, 1.54) is 9.25 Å². The van der Waals surface area contributed by atoms with Gasteiger partial charge in [-0.1, -0.05) is 46.6 Å². The number of hydrogen-bond donors (Lipinski definition) is 0. The maximum Gasteiger partial charge on any atom is 0.311 e. The molecule has 0 spiro atoms. The van der Waals surface area contributed by atoms with Crippen LogP contribution in [-0.4, -0.2) is 24.5 Å². The van der Waals surface area contributed by atoms with Gasteiger partial charge in [-0.3, -0.25) is 4.79 Å². The van der Waals surface area contributed by atoms with Gasteiger partial charge in [-0.25, -0.2) is 4.57 Å². The molecular weight excluding hydrogens is 426 g/mol. The summed E-state index contributed by atoms with van der Waals surface area (Å²) >= 11 is 6.01. The highest BCUT2D eigenvalue weighted by Crippen LogP contribution is 2.25. The zero-order valence-corrected chi connectivity index (χ0v) is 18.1. The van der Waals surface area contributed by atoms with Crippen LogP contribution in [0.5, 0.6) is 11.8 Å². The number of halogens is 1. The molecule has 158 valence electrons. The minimum atomic E-state index is -0.372. The molecule has 0 amide bonds. The first kappa shape index (κ1) is 20.0. The smallest absolute Gasteiger partial charge is 0.311 e. The van der Waals surface area contributed by atoms with Crippen molar-refractivity contribution in [3.8, 4) is 23.1 Å². The highest BCUT2D eigenvalue weighted by atomic mass is 35.5. The topological polar surface area (TPSA) is 74.8 Å². The molecule has 7 nitrogen and oxygen atoms in total. The largest absolute Gasteiger partial charge is 0.425 e. The van der Waals surface area contributed by atoms with Crippen LogP contribution in [0.1, 0.15) is 11.1 Å². The third kappa shape index (κ3) is 3.63. The number of fused-ring (bicyclic) bond motifs is 1. The molecule has 0 saturated heterocycles. The maximum absolute atomic E-state index is 13.5. The van der Waals surface area contributed by atoms with E-state index in [2.05, 4.69) is 15.3 Å². The van der Waals surface area contributed by atoms with E-state index in [0.717, 1.165) is 11.1 Å². The second kappa shape index (κ2) is 7.94. The zero-order chi connectivity index (χ0) is 22.2. The summed E-state index contributed by atoms with van der Waals surface area (Å²) in [6.07, 6.45) is 0. The standard InChI is InChI=1S/C24H18ClN5O2/c1-15-6-12-20(13-7-15)32-24-26-22-21(23(31)29(24)19-5-3-4-16(2)14-19)27-28-30(22)18-10-8-17(25)9-11-18/h3-14H,1-2H3. The van der Waals surface area contributed by atoms with E-state index in [1.54, 1.807) is 24.3 Å². The average molecular weight is 444 g/mol. The Kier molecular flexibility index (Phi) is 4.95. The maximum atomic E-state index is 13.5. The quantitative estimate of drug-likeness (QED) is 0.389. The fourth-order valence-corrected chi connectivity index (χ4v) is 3.51. The van der Waals surface area contributed by atoms with Gasteiger partial charge < -0.3 is 4.74 Å². The van der Waals surface area contributed by atoms with Crippen molar-refractivity contribution in [1.29, 1.82) is 0 Å². The second-order valence-corrected chi connectivity index (χ2v) is 7.88. The van der Waals surface area contributed by atoms with E-state index in [1.807, 2.05) is 62.4 Å². The number of hydrogen-bond acceptors (Lipinski definition) is 5. The molecule has 32 heavy (non-hydrogen) atoms. The van der Waals surface area contributed by atoms with Crippen LogP contribution in [0.15, 0.2) is 77.6 Å². The van der Waals surface area contributed by atoms with Crippen molar-refractivity contribution in [1.82, 2.24) is 24.5 Å². The summed E-state index contributed by atoms with van der Waals surface area (Å²) in [5.74, 6) is 0.564. The van der Waals surface area contributed by atoms with Crippen molar-refractivity contribution in [3.05, 3.63) is 99.3 Å². The zero-order valence-electron chi connectivity index (χ0n) is 17.4. The summed E-state index contributed by atoms with van der Waals surface area (Å²) in [5.41, 5.74) is 3.47. The Hall–Kier alpha value is -3.97. The van der Waals surface area contributed by atoms with Crippen LogP contribution in [0.25, 0.3) is 22.5 Å². The molecule has 2 heterocycles. The SMILES string of the molecule is Cc1ccc(Oc2nc3c(nnn3-c3ccc(Cl)cc3)c(=O)n2-c2cccc(C)c2)cc1. The lowest BCUT2D eigenvalue weighted by molar-refractivity contribution is 0.426. The van der Waals surface area contributed by atoms with Crippen molar-refractivity contribution in [3.63, 3.8) is 0 Å². The lowest BCUT2D eigenvalue weighted by Crippen LogP contribution is -2.22. The predicted molar refractivity (Wildman–Crippen MR) is 123 cm³/mol. The van der Waals surface area contributed by atoms with Gasteiger partial charge >= 0.3 is 6.01 Å². The molecule has 0 radical (unpaired) electrons. The van der Waals surface area contributed by atoms with Crippen LogP contribution in [0.4, 0.5) is 0 Å². The molecule has 0 aliphatic heterocycles. The summed E-state index contributed by atoms with van der Waals surface area (Å²) in [6.45, 7) is 3.95. The Labute approximate surface area is 188 Å². The molecule has 0 fully saturated rings. The summed E-state index contributed by atoms with van der Waals surface area (Å²) in [6, 6.07) is 22.2. The fourth-order valence-electron chi connectivity index (χ4n) is 3.38. The summed E-state index contributed by atoms with van der Waals surface area (Å²) in [5, 5.41) is 8.87. The van der Waals surface area contributed by atoms with Crippen molar-refractivity contribution in [2.24, 2.45) is 0 Å². The minimum Gasteiger partial charge on any atom is -0.425 e. The van der Waals surface area contributed by atoms with Gasteiger partial charge in [0.05, 0.1) is 11.4 Å². The summed E-state index contributed by atoms with van der Waals surface area (Å²) in [4.78, 5) is 18.2. The molecule has 0 aliphatic rings. The lowest BCUT2D eigenvalue weighted by atomic mass is 10.2. The van der Waals surface area contributed by atoms with Crippen LogP contribution < -0.4 is 10.3 Å². The number of aromatic nitrogens is 5. The van der Waals surface area contributed by atoms with Gasteiger partial charge in [-0.05, 0) is 67.9 Å². The summed E-state index contributed by atoms with van der Waals surface area (Å²) < 4.78 is 9.00. The van der Waals surface area contributed by atoms with Gasteiger partial charge in [0, 0.05) is 5.02 Å². The molecule has 2 aromatic heterocycles. The average Bonchev–Trinajstić information content (AvgIpc) is 3.20. The van der Waals surface area contributed by atoms with Crippen molar-refractivity contribution in [2.75, 3.05) is 0 Å². The number of rotatable bonds is 4. The van der Waals surface area contributed by atoms with Crippen LogP contribution in [0, 0.1) is 13.8 Å². The van der Waals surface area contributed by atoms with Crippen molar-refractivity contribution >= 4 is 22.8 Å². The van der Waals surface area contributed by atoms with Gasteiger partial charge in [0.15, 0.2) is 11.2 Å². The van der Waals surface area contributed by atoms with Crippen molar-refractivity contribution in [2.45, 2.75) is 13.8 Å². The molecule has 0 unspecified atom stereocenters. The number of aryl methyl sites for hydroxylation is 2. The Balaban J connectivity index is 1.75. The second-order valence-electron chi connectivity index (χ2n) is 7.44. The molecule has 0 aliphatic carbocycles. The summed E-state index contributed by atoms with van der Waals surface area (Å²) in [7, 11) is 0. The normalized spacial score (nSPS) is 11.1. The fraction of sp³-hybridized carbons (Fsp3) is 0.0833. The minimum absolute atomic E-state index is 0.120. The number of nitrogens with zero attached hydrogens (tertiary/aromatic N) is 5. The number of ether oxygens (including phenoxy) is 1. The first-order valence-corrected chi connectivity index (χ1v) is 10.3. The number of benzene rings is 3. The third-order valence-electron chi connectivity index (χ3n) is 5.01. The molecule has 8 heteroatoms. The van der Waals surface area contributed by atoms with Crippen LogP contribution in [0.3, 0.4) is 0 Å². The first-order chi connectivity index (χ1) is 15.5. The first-order valence-electron chi connectivity index (χ1n) is 9.95.